The lowest BCUT2D eigenvalue weighted by Gasteiger charge is -2.34. The average Bonchev–Trinajstić information content (AvgIpc) is 2.58. The third-order valence-corrected chi connectivity index (χ3v) is 4.67. The Morgan fingerprint density at radius 3 is 1.48 bits per heavy atom. The summed E-state index contributed by atoms with van der Waals surface area (Å²) in [7, 11) is 3.09. The van der Waals surface area contributed by atoms with Crippen LogP contribution in [0.15, 0.2) is 36.4 Å². The SMILES string of the molecule is CCC(CC)(c1ccc(O)c(OC)c1)c1ccc(O)c(OC)c1. The molecule has 0 aromatic heterocycles. The van der Waals surface area contributed by atoms with E-state index in [0.29, 0.717) is 11.5 Å². The van der Waals surface area contributed by atoms with Gasteiger partial charge in [0.25, 0.3) is 0 Å². The summed E-state index contributed by atoms with van der Waals surface area (Å²) >= 11 is 0. The van der Waals surface area contributed by atoms with Crippen LogP contribution in [-0.2, 0) is 5.41 Å². The second kappa shape index (κ2) is 6.82. The summed E-state index contributed by atoms with van der Waals surface area (Å²) in [6, 6.07) is 10.9. The van der Waals surface area contributed by atoms with E-state index in [1.54, 1.807) is 26.4 Å². The van der Waals surface area contributed by atoms with Gasteiger partial charge >= 0.3 is 0 Å². The summed E-state index contributed by atoms with van der Waals surface area (Å²) in [4.78, 5) is 0. The van der Waals surface area contributed by atoms with Crippen LogP contribution in [-0.4, -0.2) is 24.4 Å². The molecule has 4 nitrogen and oxygen atoms in total. The van der Waals surface area contributed by atoms with E-state index in [-0.39, 0.29) is 16.9 Å². The zero-order chi connectivity index (χ0) is 17.0. The zero-order valence-corrected chi connectivity index (χ0v) is 14.1. The molecule has 4 heteroatoms. The lowest BCUT2D eigenvalue weighted by molar-refractivity contribution is 0.367. The molecule has 0 heterocycles. The summed E-state index contributed by atoms with van der Waals surface area (Å²) in [6.45, 7) is 4.25. The lowest BCUT2D eigenvalue weighted by Crippen LogP contribution is -2.26. The van der Waals surface area contributed by atoms with Crippen LogP contribution in [0.2, 0.25) is 0 Å². The lowest BCUT2D eigenvalue weighted by atomic mass is 9.70. The van der Waals surface area contributed by atoms with Crippen LogP contribution in [0.3, 0.4) is 0 Å². The van der Waals surface area contributed by atoms with Crippen molar-refractivity contribution in [2.75, 3.05) is 14.2 Å². The standard InChI is InChI=1S/C19H24O4/c1-5-19(6-2,13-7-9-15(20)17(11-13)22-3)14-8-10-16(21)18(12-14)23-4/h7-12,20-21H,5-6H2,1-4H3. The number of methoxy groups -OCH3 is 2. The molecule has 2 aromatic carbocycles. The maximum absolute atomic E-state index is 9.86. The number of benzene rings is 2. The van der Waals surface area contributed by atoms with Crippen molar-refractivity contribution in [1.29, 1.82) is 0 Å². The van der Waals surface area contributed by atoms with Gasteiger partial charge in [-0.25, -0.2) is 0 Å². The fraction of sp³-hybridized carbons (Fsp3) is 0.368. The number of ether oxygens (including phenoxy) is 2. The molecule has 0 fully saturated rings. The molecule has 124 valence electrons. The minimum atomic E-state index is -0.248. The Balaban J connectivity index is 2.64. The van der Waals surface area contributed by atoms with Crippen molar-refractivity contribution < 1.29 is 19.7 Å². The van der Waals surface area contributed by atoms with E-state index in [2.05, 4.69) is 13.8 Å². The first kappa shape index (κ1) is 17.0. The van der Waals surface area contributed by atoms with Gasteiger partial charge in [0.2, 0.25) is 0 Å². The molecular weight excluding hydrogens is 292 g/mol. The Bertz CT molecular complexity index is 620. The number of aromatic hydroxyl groups is 2. The summed E-state index contributed by atoms with van der Waals surface area (Å²) in [5.74, 6) is 1.17. The van der Waals surface area contributed by atoms with Gasteiger partial charge in [-0.05, 0) is 48.2 Å². The van der Waals surface area contributed by atoms with Gasteiger partial charge in [-0.2, -0.15) is 0 Å². The van der Waals surface area contributed by atoms with Crippen molar-refractivity contribution in [2.24, 2.45) is 0 Å². The number of phenols is 2. The fourth-order valence-corrected chi connectivity index (χ4v) is 3.18. The second-order valence-corrected chi connectivity index (χ2v) is 5.56. The second-order valence-electron chi connectivity index (χ2n) is 5.56. The number of hydrogen-bond acceptors (Lipinski definition) is 4. The van der Waals surface area contributed by atoms with Gasteiger partial charge in [0, 0.05) is 5.41 Å². The first-order valence-electron chi connectivity index (χ1n) is 7.77. The molecule has 2 rings (SSSR count). The monoisotopic (exact) mass is 316 g/mol. The molecule has 0 unspecified atom stereocenters. The maximum Gasteiger partial charge on any atom is 0.160 e. The number of hydrogen-bond donors (Lipinski definition) is 2. The smallest absolute Gasteiger partial charge is 0.160 e. The molecule has 0 saturated heterocycles. The highest BCUT2D eigenvalue weighted by atomic mass is 16.5. The van der Waals surface area contributed by atoms with E-state index < -0.39 is 0 Å². The first-order valence-corrected chi connectivity index (χ1v) is 7.77. The van der Waals surface area contributed by atoms with Gasteiger partial charge in [0.15, 0.2) is 23.0 Å². The van der Waals surface area contributed by atoms with E-state index in [1.165, 1.54) is 0 Å². The molecule has 0 amide bonds. The van der Waals surface area contributed by atoms with E-state index in [0.717, 1.165) is 24.0 Å². The third-order valence-electron chi connectivity index (χ3n) is 4.67. The van der Waals surface area contributed by atoms with E-state index >= 15 is 0 Å². The minimum absolute atomic E-state index is 0.126. The number of rotatable bonds is 6. The highest BCUT2D eigenvalue weighted by Crippen LogP contribution is 2.43. The predicted molar refractivity (Wildman–Crippen MR) is 90.7 cm³/mol. The highest BCUT2D eigenvalue weighted by Gasteiger charge is 2.32. The molecule has 0 bridgehead atoms. The Labute approximate surface area is 137 Å². The molecule has 0 atom stereocenters. The van der Waals surface area contributed by atoms with Crippen LogP contribution < -0.4 is 9.47 Å². The van der Waals surface area contributed by atoms with Gasteiger partial charge in [0.05, 0.1) is 14.2 Å². The average molecular weight is 316 g/mol. The van der Waals surface area contributed by atoms with Gasteiger partial charge < -0.3 is 19.7 Å². The molecule has 0 aliphatic rings. The van der Waals surface area contributed by atoms with Crippen molar-refractivity contribution in [3.05, 3.63) is 47.5 Å². The van der Waals surface area contributed by atoms with Gasteiger partial charge in [-0.3, -0.25) is 0 Å². The molecule has 2 aromatic rings. The molecular formula is C19H24O4. The van der Waals surface area contributed by atoms with E-state index in [9.17, 15) is 10.2 Å². The summed E-state index contributed by atoms with van der Waals surface area (Å²) in [5, 5.41) is 19.7. The topological polar surface area (TPSA) is 58.9 Å². The van der Waals surface area contributed by atoms with Gasteiger partial charge in [0.1, 0.15) is 0 Å². The van der Waals surface area contributed by atoms with Gasteiger partial charge in [-0.1, -0.05) is 26.0 Å². The van der Waals surface area contributed by atoms with Crippen molar-refractivity contribution in [1.82, 2.24) is 0 Å². The molecule has 23 heavy (non-hydrogen) atoms. The van der Waals surface area contributed by atoms with Crippen LogP contribution in [0.4, 0.5) is 0 Å². The van der Waals surface area contributed by atoms with Crippen LogP contribution in [0, 0.1) is 0 Å². The number of phenolic OH excluding ortho intramolecular Hbond substituents is 2. The zero-order valence-electron chi connectivity index (χ0n) is 14.1. The minimum Gasteiger partial charge on any atom is -0.504 e. The van der Waals surface area contributed by atoms with Gasteiger partial charge in [-0.15, -0.1) is 0 Å². The molecule has 2 N–H and O–H groups in total. The summed E-state index contributed by atoms with van der Waals surface area (Å²) < 4.78 is 10.5. The Kier molecular flexibility index (Phi) is 5.04. The van der Waals surface area contributed by atoms with E-state index in [4.69, 9.17) is 9.47 Å². The molecule has 0 spiro atoms. The molecule has 0 saturated carbocycles. The highest BCUT2D eigenvalue weighted by molar-refractivity contribution is 5.51. The fourth-order valence-electron chi connectivity index (χ4n) is 3.18. The van der Waals surface area contributed by atoms with Crippen LogP contribution in [0.1, 0.15) is 37.8 Å². The van der Waals surface area contributed by atoms with Crippen molar-refractivity contribution in [3.63, 3.8) is 0 Å². The van der Waals surface area contributed by atoms with Crippen LogP contribution in [0.5, 0.6) is 23.0 Å². The molecule has 0 aliphatic heterocycles. The Morgan fingerprint density at radius 1 is 0.783 bits per heavy atom. The van der Waals surface area contributed by atoms with Crippen molar-refractivity contribution in [2.45, 2.75) is 32.1 Å². The predicted octanol–water partition coefficient (Wildman–Crippen LogP) is 4.22. The first-order chi connectivity index (χ1) is 11.0. The van der Waals surface area contributed by atoms with Crippen molar-refractivity contribution in [3.8, 4) is 23.0 Å². The Morgan fingerprint density at radius 2 is 1.17 bits per heavy atom. The Hall–Kier alpha value is -2.36. The van der Waals surface area contributed by atoms with Crippen LogP contribution in [0.25, 0.3) is 0 Å². The van der Waals surface area contributed by atoms with E-state index in [1.807, 2.05) is 24.3 Å². The van der Waals surface area contributed by atoms with Crippen molar-refractivity contribution >= 4 is 0 Å². The maximum atomic E-state index is 9.86. The summed E-state index contributed by atoms with van der Waals surface area (Å²) in [5.41, 5.74) is 1.87. The summed E-state index contributed by atoms with van der Waals surface area (Å²) in [6.07, 6.45) is 1.73. The van der Waals surface area contributed by atoms with Crippen LogP contribution >= 0.6 is 0 Å². The largest absolute Gasteiger partial charge is 0.504 e. The normalized spacial score (nSPS) is 11.3. The molecule has 0 aliphatic carbocycles. The molecule has 0 radical (unpaired) electrons. The third kappa shape index (κ3) is 2.93. The quantitative estimate of drug-likeness (QED) is 0.837.